The van der Waals surface area contributed by atoms with Gasteiger partial charge in [0.15, 0.2) is 0 Å². The molecule has 0 aliphatic carbocycles. The Balaban J connectivity index is 2.16. The summed E-state index contributed by atoms with van der Waals surface area (Å²) in [6.45, 7) is 0. The number of anilines is 1. The molecule has 2 aromatic rings. The highest BCUT2D eigenvalue weighted by atomic mass is 16.5. The van der Waals surface area contributed by atoms with Crippen molar-refractivity contribution in [1.82, 2.24) is 0 Å². The third-order valence-corrected chi connectivity index (χ3v) is 1.80. The van der Waals surface area contributed by atoms with Crippen LogP contribution in [-0.2, 0) is 0 Å². The van der Waals surface area contributed by atoms with Gasteiger partial charge in [0.2, 0.25) is 0 Å². The minimum absolute atomic E-state index is 0.735. The number of ether oxygens (including phenoxy) is 1. The molecule has 0 aromatic heterocycles. The summed E-state index contributed by atoms with van der Waals surface area (Å²) in [6, 6.07) is 17.6. The van der Waals surface area contributed by atoms with Gasteiger partial charge in [-0.15, -0.1) is 0 Å². The van der Waals surface area contributed by atoms with Crippen molar-refractivity contribution in [3.63, 3.8) is 0 Å². The van der Waals surface area contributed by atoms with Gasteiger partial charge in [0.25, 0.3) is 0 Å². The minimum atomic E-state index is 0.735. The second-order valence-electron chi connectivity index (χ2n) is 2.91. The van der Waals surface area contributed by atoms with Crippen LogP contribution in [0.2, 0.25) is 0 Å². The van der Waals surface area contributed by atoms with Crippen LogP contribution in [0.5, 0.6) is 11.5 Å². The lowest BCUT2D eigenvalue weighted by atomic mass is 10.3. The highest BCUT2D eigenvalue weighted by Gasteiger charge is 1.94. The van der Waals surface area contributed by atoms with E-state index in [0.29, 0.717) is 0 Å². The SMILES string of the molecule is Nc1ccc(Oc2cc[c]cc2)cc1. The smallest absolute Gasteiger partial charge is 0.127 e. The zero-order chi connectivity index (χ0) is 9.80. The molecule has 0 atom stereocenters. The molecule has 0 aliphatic rings. The van der Waals surface area contributed by atoms with E-state index >= 15 is 0 Å². The molecule has 0 unspecified atom stereocenters. The van der Waals surface area contributed by atoms with Crippen LogP contribution in [0.15, 0.2) is 48.5 Å². The quantitative estimate of drug-likeness (QED) is 0.728. The lowest BCUT2D eigenvalue weighted by Crippen LogP contribution is -1.86. The average Bonchev–Trinajstić information content (AvgIpc) is 2.23. The van der Waals surface area contributed by atoms with Crippen molar-refractivity contribution in [2.75, 3.05) is 5.73 Å². The summed E-state index contributed by atoms with van der Waals surface area (Å²) in [5, 5.41) is 0. The van der Waals surface area contributed by atoms with Crippen molar-refractivity contribution < 1.29 is 4.74 Å². The maximum absolute atomic E-state index is 5.56. The first-order chi connectivity index (χ1) is 6.84. The van der Waals surface area contributed by atoms with Crippen LogP contribution in [0.4, 0.5) is 5.69 Å². The lowest BCUT2D eigenvalue weighted by Gasteiger charge is -2.04. The van der Waals surface area contributed by atoms with Gasteiger partial charge in [-0.05, 0) is 42.5 Å². The summed E-state index contributed by atoms with van der Waals surface area (Å²) in [7, 11) is 0. The Kier molecular flexibility index (Phi) is 2.36. The summed E-state index contributed by atoms with van der Waals surface area (Å²) in [4.78, 5) is 0. The largest absolute Gasteiger partial charge is 0.457 e. The number of nitrogens with two attached hydrogens (primary N) is 1. The molecular weight excluding hydrogens is 174 g/mol. The highest BCUT2D eigenvalue weighted by molar-refractivity contribution is 5.42. The molecule has 0 bridgehead atoms. The summed E-state index contributed by atoms with van der Waals surface area (Å²) in [5.74, 6) is 1.58. The van der Waals surface area contributed by atoms with Gasteiger partial charge in [0.1, 0.15) is 11.5 Å². The van der Waals surface area contributed by atoms with E-state index in [9.17, 15) is 0 Å². The Morgan fingerprint density at radius 2 is 1.43 bits per heavy atom. The Hall–Kier alpha value is -1.96. The van der Waals surface area contributed by atoms with Crippen molar-refractivity contribution in [3.05, 3.63) is 54.6 Å². The van der Waals surface area contributed by atoms with Gasteiger partial charge in [0.05, 0.1) is 0 Å². The van der Waals surface area contributed by atoms with Crippen LogP contribution in [0.1, 0.15) is 0 Å². The van der Waals surface area contributed by atoms with E-state index in [1.807, 2.05) is 48.5 Å². The topological polar surface area (TPSA) is 35.2 Å². The maximum Gasteiger partial charge on any atom is 0.127 e. The van der Waals surface area contributed by atoms with Crippen LogP contribution >= 0.6 is 0 Å². The summed E-state index contributed by atoms with van der Waals surface area (Å²) < 4.78 is 5.56. The van der Waals surface area contributed by atoms with Crippen LogP contribution in [0.25, 0.3) is 0 Å². The third-order valence-electron chi connectivity index (χ3n) is 1.80. The second kappa shape index (κ2) is 3.83. The summed E-state index contributed by atoms with van der Waals surface area (Å²) in [5.41, 5.74) is 6.29. The van der Waals surface area contributed by atoms with Crippen LogP contribution in [-0.4, -0.2) is 0 Å². The van der Waals surface area contributed by atoms with Gasteiger partial charge in [0, 0.05) is 5.69 Å². The molecule has 1 radical (unpaired) electrons. The van der Waals surface area contributed by atoms with Crippen molar-refractivity contribution >= 4 is 5.69 Å². The Morgan fingerprint density at radius 1 is 0.857 bits per heavy atom. The molecular formula is C12H10NO. The van der Waals surface area contributed by atoms with Gasteiger partial charge in [-0.2, -0.15) is 0 Å². The molecule has 2 rings (SSSR count). The Labute approximate surface area is 82.9 Å². The van der Waals surface area contributed by atoms with Crippen LogP contribution in [0.3, 0.4) is 0 Å². The first kappa shape index (κ1) is 8.63. The minimum Gasteiger partial charge on any atom is -0.457 e. The molecule has 2 heteroatoms. The number of rotatable bonds is 2. The van der Waals surface area contributed by atoms with Gasteiger partial charge >= 0.3 is 0 Å². The predicted octanol–water partition coefficient (Wildman–Crippen LogP) is 2.86. The van der Waals surface area contributed by atoms with E-state index < -0.39 is 0 Å². The fraction of sp³-hybridized carbons (Fsp3) is 0. The molecule has 14 heavy (non-hydrogen) atoms. The maximum atomic E-state index is 5.56. The van der Waals surface area contributed by atoms with E-state index in [-0.39, 0.29) is 0 Å². The van der Waals surface area contributed by atoms with E-state index in [1.54, 1.807) is 0 Å². The molecule has 0 amide bonds. The molecule has 0 heterocycles. The van der Waals surface area contributed by atoms with E-state index in [2.05, 4.69) is 6.07 Å². The standard InChI is InChI=1S/C12H10NO/c13-10-6-8-12(9-7-10)14-11-4-2-1-3-5-11/h2-9H,13H2. The predicted molar refractivity (Wildman–Crippen MR) is 56.2 cm³/mol. The Bertz CT molecular complexity index is 394. The van der Waals surface area contributed by atoms with E-state index in [0.717, 1.165) is 17.2 Å². The molecule has 0 saturated carbocycles. The zero-order valence-electron chi connectivity index (χ0n) is 7.60. The molecule has 0 fully saturated rings. The normalized spacial score (nSPS) is 9.71. The van der Waals surface area contributed by atoms with E-state index in [4.69, 9.17) is 10.5 Å². The molecule has 2 N–H and O–H groups in total. The number of hydrogen-bond donors (Lipinski definition) is 1. The van der Waals surface area contributed by atoms with Gasteiger partial charge in [-0.1, -0.05) is 12.1 Å². The summed E-state index contributed by atoms with van der Waals surface area (Å²) in [6.07, 6.45) is 0. The van der Waals surface area contributed by atoms with Crippen molar-refractivity contribution in [2.45, 2.75) is 0 Å². The van der Waals surface area contributed by atoms with E-state index in [1.165, 1.54) is 0 Å². The van der Waals surface area contributed by atoms with Gasteiger partial charge in [-0.25, -0.2) is 0 Å². The first-order valence-corrected chi connectivity index (χ1v) is 4.34. The van der Waals surface area contributed by atoms with Gasteiger partial charge < -0.3 is 10.5 Å². The molecule has 69 valence electrons. The molecule has 2 nitrogen and oxygen atoms in total. The van der Waals surface area contributed by atoms with Crippen molar-refractivity contribution in [3.8, 4) is 11.5 Å². The average molecular weight is 184 g/mol. The van der Waals surface area contributed by atoms with Crippen LogP contribution < -0.4 is 10.5 Å². The molecule has 0 saturated heterocycles. The molecule has 0 aliphatic heterocycles. The van der Waals surface area contributed by atoms with Crippen LogP contribution in [0, 0.1) is 6.07 Å². The van der Waals surface area contributed by atoms with Gasteiger partial charge in [-0.3, -0.25) is 0 Å². The number of benzene rings is 2. The number of hydrogen-bond acceptors (Lipinski definition) is 2. The first-order valence-electron chi connectivity index (χ1n) is 4.34. The lowest BCUT2D eigenvalue weighted by molar-refractivity contribution is 0.483. The molecule has 2 aromatic carbocycles. The third kappa shape index (κ3) is 2.04. The second-order valence-corrected chi connectivity index (χ2v) is 2.91. The van der Waals surface area contributed by atoms with Crippen molar-refractivity contribution in [2.24, 2.45) is 0 Å². The van der Waals surface area contributed by atoms with Crippen molar-refractivity contribution in [1.29, 1.82) is 0 Å². The monoisotopic (exact) mass is 184 g/mol. The summed E-state index contributed by atoms with van der Waals surface area (Å²) >= 11 is 0. The zero-order valence-corrected chi connectivity index (χ0v) is 7.60. The Morgan fingerprint density at radius 3 is 2.07 bits per heavy atom. The fourth-order valence-electron chi connectivity index (χ4n) is 1.11. The molecule has 0 spiro atoms. The highest BCUT2D eigenvalue weighted by Crippen LogP contribution is 2.21. The number of nitrogen functional groups attached to an aromatic ring is 1. The fourth-order valence-corrected chi connectivity index (χ4v) is 1.11.